The van der Waals surface area contributed by atoms with Crippen LogP contribution in [0.5, 0.6) is 5.75 Å². The number of ketones is 1. The van der Waals surface area contributed by atoms with E-state index in [2.05, 4.69) is 20.5 Å². The second-order valence-electron chi connectivity index (χ2n) is 9.56. The molecule has 1 aliphatic carbocycles. The molecule has 1 aliphatic heterocycles. The summed E-state index contributed by atoms with van der Waals surface area (Å²) in [5.41, 5.74) is 1.26. The SMILES string of the molecule is CCC1(c2cccc(-c3c(F)cncc3OC)c2)C2=C(Nc3[nH]ncc31)C(F)C(C)(C)CC2=O. The van der Waals surface area contributed by atoms with Gasteiger partial charge in [0.1, 0.15) is 17.7 Å². The average molecular weight is 465 g/mol. The monoisotopic (exact) mass is 464 g/mol. The van der Waals surface area contributed by atoms with E-state index in [1.54, 1.807) is 26.1 Å². The highest BCUT2D eigenvalue weighted by Crippen LogP contribution is 2.54. The molecular formula is C26H26F2N4O2. The molecule has 176 valence electrons. The van der Waals surface area contributed by atoms with Gasteiger partial charge in [0.15, 0.2) is 11.6 Å². The largest absolute Gasteiger partial charge is 0.494 e. The molecule has 0 amide bonds. The summed E-state index contributed by atoms with van der Waals surface area (Å²) in [6, 6.07) is 7.33. The fourth-order valence-electron chi connectivity index (χ4n) is 5.49. The zero-order valence-electron chi connectivity index (χ0n) is 19.5. The number of carbonyl (C=O) groups excluding carboxylic acids is 1. The molecule has 2 atom stereocenters. The van der Waals surface area contributed by atoms with Crippen LogP contribution >= 0.6 is 0 Å². The predicted octanol–water partition coefficient (Wildman–Crippen LogP) is 5.33. The van der Waals surface area contributed by atoms with Crippen LogP contribution < -0.4 is 10.1 Å². The van der Waals surface area contributed by atoms with Gasteiger partial charge in [-0.15, -0.1) is 0 Å². The Morgan fingerprint density at radius 2 is 2.03 bits per heavy atom. The maximum Gasteiger partial charge on any atom is 0.162 e. The molecule has 2 unspecified atom stereocenters. The molecule has 0 saturated heterocycles. The number of allylic oxidation sites excluding steroid dienone is 2. The Morgan fingerprint density at radius 3 is 2.76 bits per heavy atom. The van der Waals surface area contributed by atoms with Gasteiger partial charge in [-0.2, -0.15) is 5.10 Å². The Bertz CT molecular complexity index is 1330. The standard InChI is InChI=1S/C26H26F2N4O2/c1-5-26(15-8-6-7-14(9-15)20-17(27)12-29-13-19(20)34-4)16-11-30-32-24(16)31-22-21(26)18(33)10-25(2,3)23(22)28/h6-9,11-13,23H,5,10H2,1-4H3,(H2,30,31,32). The third-order valence-corrected chi connectivity index (χ3v) is 7.15. The van der Waals surface area contributed by atoms with Gasteiger partial charge in [0.2, 0.25) is 0 Å². The number of alkyl halides is 1. The number of Topliss-reactive ketones (excluding diaryl/α,β-unsaturated/α-hetero) is 1. The van der Waals surface area contributed by atoms with Crippen molar-refractivity contribution in [3.63, 3.8) is 0 Å². The number of aromatic nitrogens is 3. The molecule has 5 rings (SSSR count). The van der Waals surface area contributed by atoms with Crippen molar-refractivity contribution in [2.45, 2.75) is 45.2 Å². The molecule has 0 fully saturated rings. The minimum atomic E-state index is -1.36. The number of hydrogen-bond donors (Lipinski definition) is 2. The average Bonchev–Trinajstić information content (AvgIpc) is 3.30. The zero-order valence-corrected chi connectivity index (χ0v) is 19.5. The summed E-state index contributed by atoms with van der Waals surface area (Å²) in [5.74, 6) is 0.242. The van der Waals surface area contributed by atoms with Crippen LogP contribution in [0, 0.1) is 11.2 Å². The van der Waals surface area contributed by atoms with Gasteiger partial charge in [-0.3, -0.25) is 14.9 Å². The number of methoxy groups -OCH3 is 1. The van der Waals surface area contributed by atoms with Gasteiger partial charge < -0.3 is 10.1 Å². The van der Waals surface area contributed by atoms with E-state index in [1.165, 1.54) is 13.3 Å². The number of nitrogens with one attached hydrogen (secondary N) is 2. The van der Waals surface area contributed by atoms with Crippen molar-refractivity contribution in [3.05, 3.63) is 71.1 Å². The van der Waals surface area contributed by atoms with E-state index in [4.69, 9.17) is 4.74 Å². The van der Waals surface area contributed by atoms with Crippen LogP contribution in [0.1, 0.15) is 44.7 Å². The first-order chi connectivity index (χ1) is 16.2. The fourth-order valence-corrected chi connectivity index (χ4v) is 5.49. The molecule has 34 heavy (non-hydrogen) atoms. The van der Waals surface area contributed by atoms with Crippen LogP contribution in [0.15, 0.2) is 54.1 Å². The number of rotatable bonds is 4. The van der Waals surface area contributed by atoms with Gasteiger partial charge in [-0.05, 0) is 23.6 Å². The molecule has 0 radical (unpaired) electrons. The van der Waals surface area contributed by atoms with Gasteiger partial charge in [0.05, 0.1) is 42.4 Å². The summed E-state index contributed by atoms with van der Waals surface area (Å²) in [6.07, 6.45) is 3.49. The molecule has 2 aromatic heterocycles. The second-order valence-corrected chi connectivity index (χ2v) is 9.56. The summed E-state index contributed by atoms with van der Waals surface area (Å²) in [7, 11) is 1.46. The lowest BCUT2D eigenvalue weighted by atomic mass is 9.59. The Morgan fingerprint density at radius 1 is 1.24 bits per heavy atom. The second kappa shape index (κ2) is 7.75. The minimum Gasteiger partial charge on any atom is -0.494 e. The first kappa shape index (κ1) is 22.3. The van der Waals surface area contributed by atoms with Crippen molar-refractivity contribution in [1.82, 2.24) is 15.2 Å². The number of fused-ring (bicyclic) bond motifs is 1. The topological polar surface area (TPSA) is 79.9 Å². The Labute approximate surface area is 196 Å². The molecule has 0 bridgehead atoms. The number of halogens is 2. The molecule has 1 aromatic carbocycles. The van der Waals surface area contributed by atoms with Gasteiger partial charge in [0, 0.05) is 23.0 Å². The summed E-state index contributed by atoms with van der Waals surface area (Å²) in [4.78, 5) is 17.5. The van der Waals surface area contributed by atoms with Gasteiger partial charge in [0.25, 0.3) is 0 Å². The van der Waals surface area contributed by atoms with E-state index < -0.39 is 22.8 Å². The van der Waals surface area contributed by atoms with Crippen molar-refractivity contribution >= 4 is 11.6 Å². The number of carbonyl (C=O) groups is 1. The number of nitrogens with zero attached hydrogens (tertiary/aromatic N) is 2. The lowest BCUT2D eigenvalue weighted by molar-refractivity contribution is -0.120. The number of aromatic amines is 1. The van der Waals surface area contributed by atoms with Crippen LogP contribution in [0.4, 0.5) is 14.6 Å². The maximum atomic E-state index is 15.8. The van der Waals surface area contributed by atoms with Gasteiger partial charge in [-0.25, -0.2) is 8.78 Å². The molecular weight excluding hydrogens is 438 g/mol. The molecule has 2 N–H and O–H groups in total. The normalized spacial score (nSPS) is 23.2. The number of pyridine rings is 1. The quantitative estimate of drug-likeness (QED) is 0.545. The number of anilines is 1. The first-order valence-corrected chi connectivity index (χ1v) is 11.3. The Hall–Kier alpha value is -3.55. The summed E-state index contributed by atoms with van der Waals surface area (Å²) in [6.45, 7) is 5.49. The van der Waals surface area contributed by atoms with Crippen LogP contribution in [0.3, 0.4) is 0 Å². The van der Waals surface area contributed by atoms with E-state index in [0.717, 1.165) is 17.3 Å². The predicted molar refractivity (Wildman–Crippen MR) is 125 cm³/mol. The van der Waals surface area contributed by atoms with E-state index >= 15 is 4.39 Å². The smallest absolute Gasteiger partial charge is 0.162 e. The van der Waals surface area contributed by atoms with E-state index in [0.29, 0.717) is 29.1 Å². The summed E-state index contributed by atoms with van der Waals surface area (Å²) >= 11 is 0. The third kappa shape index (κ3) is 3.01. The lowest BCUT2D eigenvalue weighted by Gasteiger charge is -2.46. The maximum absolute atomic E-state index is 15.8. The molecule has 0 spiro atoms. The van der Waals surface area contributed by atoms with Gasteiger partial charge >= 0.3 is 0 Å². The molecule has 6 nitrogen and oxygen atoms in total. The van der Waals surface area contributed by atoms with Crippen LogP contribution in [-0.2, 0) is 10.2 Å². The molecule has 2 aliphatic rings. The van der Waals surface area contributed by atoms with Crippen molar-refractivity contribution in [3.8, 4) is 16.9 Å². The molecule has 8 heteroatoms. The van der Waals surface area contributed by atoms with E-state index in [1.807, 2.05) is 25.1 Å². The van der Waals surface area contributed by atoms with E-state index in [9.17, 15) is 9.18 Å². The van der Waals surface area contributed by atoms with Crippen LogP contribution in [0.25, 0.3) is 11.1 Å². The third-order valence-electron chi connectivity index (χ3n) is 7.15. The first-order valence-electron chi connectivity index (χ1n) is 11.3. The van der Waals surface area contributed by atoms with E-state index in [-0.39, 0.29) is 23.5 Å². The highest BCUT2D eigenvalue weighted by Gasteiger charge is 2.53. The Balaban J connectivity index is 1.79. The Kier molecular flexibility index (Phi) is 5.07. The molecule has 0 saturated carbocycles. The number of H-pyrrole nitrogens is 1. The lowest BCUT2D eigenvalue weighted by Crippen LogP contribution is -2.48. The van der Waals surface area contributed by atoms with Crippen molar-refractivity contribution in [2.24, 2.45) is 5.41 Å². The van der Waals surface area contributed by atoms with Crippen molar-refractivity contribution < 1.29 is 18.3 Å². The summed E-state index contributed by atoms with van der Waals surface area (Å²) in [5, 5.41) is 10.3. The molecule has 3 heterocycles. The number of ether oxygens (including phenoxy) is 1. The van der Waals surface area contributed by atoms with Gasteiger partial charge in [-0.1, -0.05) is 39.0 Å². The molecule has 3 aromatic rings. The summed E-state index contributed by atoms with van der Waals surface area (Å²) < 4.78 is 36.0. The fraction of sp³-hybridized carbons (Fsp3) is 0.346. The van der Waals surface area contributed by atoms with Crippen LogP contribution in [0.2, 0.25) is 0 Å². The number of benzene rings is 1. The minimum absolute atomic E-state index is 0.0934. The highest BCUT2D eigenvalue weighted by atomic mass is 19.1. The highest BCUT2D eigenvalue weighted by molar-refractivity contribution is 6.03. The van der Waals surface area contributed by atoms with Crippen molar-refractivity contribution in [2.75, 3.05) is 12.4 Å². The van der Waals surface area contributed by atoms with Crippen molar-refractivity contribution in [1.29, 1.82) is 0 Å². The zero-order chi connectivity index (χ0) is 24.3. The number of hydrogen-bond acceptors (Lipinski definition) is 5. The van der Waals surface area contributed by atoms with Crippen LogP contribution in [-0.4, -0.2) is 34.2 Å².